The Morgan fingerprint density at radius 1 is 1.00 bits per heavy atom. The number of rotatable bonds is 2. The lowest BCUT2D eigenvalue weighted by Crippen LogP contribution is -1.83. The van der Waals surface area contributed by atoms with Crippen molar-refractivity contribution in [3.05, 3.63) is 60.5 Å². The molecule has 3 aromatic carbocycles. The van der Waals surface area contributed by atoms with Gasteiger partial charge in [0.25, 0.3) is 0 Å². The predicted octanol–water partition coefficient (Wildman–Crippen LogP) is 5.09. The van der Waals surface area contributed by atoms with Crippen molar-refractivity contribution < 1.29 is 9.52 Å². The molecule has 108 valence electrons. The summed E-state index contributed by atoms with van der Waals surface area (Å²) in [5.41, 5.74) is 3.62. The Hall–Kier alpha value is -2.52. The van der Waals surface area contributed by atoms with Crippen molar-refractivity contribution in [3.63, 3.8) is 0 Å². The largest absolute Gasteiger partial charge is 0.508 e. The molecule has 0 aliphatic heterocycles. The summed E-state index contributed by atoms with van der Waals surface area (Å²) in [4.78, 5) is 4.44. The average molecular weight is 310 g/mol. The van der Waals surface area contributed by atoms with Crippen molar-refractivity contribution in [2.24, 2.45) is 0 Å². The van der Waals surface area contributed by atoms with Gasteiger partial charge in [0.15, 0.2) is 5.58 Å². The van der Waals surface area contributed by atoms with Gasteiger partial charge in [0.1, 0.15) is 11.3 Å². The second-order valence-electron chi connectivity index (χ2n) is 5.11. The second-order valence-corrected chi connectivity index (χ2v) is 5.37. The Morgan fingerprint density at radius 3 is 2.45 bits per heavy atom. The highest BCUT2D eigenvalue weighted by molar-refractivity contribution is 6.17. The minimum Gasteiger partial charge on any atom is -0.508 e. The molecular formula is C18H12ClNO2. The lowest BCUT2D eigenvalue weighted by Gasteiger charge is -2.07. The number of phenolic OH excluding ortho intramolecular Hbond substituents is 1. The van der Waals surface area contributed by atoms with Crippen molar-refractivity contribution in [2.45, 2.75) is 5.88 Å². The van der Waals surface area contributed by atoms with Crippen LogP contribution in [0, 0.1) is 0 Å². The zero-order chi connectivity index (χ0) is 15.1. The number of nitrogens with zero attached hydrogens (tertiary/aromatic N) is 1. The lowest BCUT2D eigenvalue weighted by atomic mass is 9.97. The van der Waals surface area contributed by atoms with E-state index in [0.717, 1.165) is 33.0 Å². The summed E-state index contributed by atoms with van der Waals surface area (Å²) in [6.07, 6.45) is 0. The van der Waals surface area contributed by atoms with Gasteiger partial charge in [0, 0.05) is 5.39 Å². The van der Waals surface area contributed by atoms with Crippen LogP contribution in [0.25, 0.3) is 33.0 Å². The van der Waals surface area contributed by atoms with Gasteiger partial charge in [-0.1, -0.05) is 36.4 Å². The SMILES string of the molecule is Oc1ccc(-c2cc3nc(CCl)oc3c3ccccc23)cc1. The van der Waals surface area contributed by atoms with Crippen molar-refractivity contribution in [2.75, 3.05) is 0 Å². The van der Waals surface area contributed by atoms with Gasteiger partial charge in [-0.3, -0.25) is 0 Å². The number of oxazole rings is 1. The van der Waals surface area contributed by atoms with Gasteiger partial charge in [-0.25, -0.2) is 4.98 Å². The van der Waals surface area contributed by atoms with Crippen LogP contribution in [0.1, 0.15) is 5.89 Å². The first-order chi connectivity index (χ1) is 10.8. The number of alkyl halides is 1. The third kappa shape index (κ3) is 2.02. The molecule has 0 aliphatic rings. The smallest absolute Gasteiger partial charge is 0.210 e. The molecule has 4 rings (SSSR count). The van der Waals surface area contributed by atoms with E-state index in [2.05, 4.69) is 11.1 Å². The van der Waals surface area contributed by atoms with Gasteiger partial charge in [-0.15, -0.1) is 11.6 Å². The fourth-order valence-electron chi connectivity index (χ4n) is 2.74. The quantitative estimate of drug-likeness (QED) is 0.524. The van der Waals surface area contributed by atoms with E-state index in [1.54, 1.807) is 12.1 Å². The summed E-state index contributed by atoms with van der Waals surface area (Å²) < 4.78 is 5.76. The predicted molar refractivity (Wildman–Crippen MR) is 88.2 cm³/mol. The van der Waals surface area contributed by atoms with Crippen LogP contribution in [-0.2, 0) is 5.88 Å². The summed E-state index contributed by atoms with van der Waals surface area (Å²) in [5, 5.41) is 11.6. The topological polar surface area (TPSA) is 46.3 Å². The zero-order valence-electron chi connectivity index (χ0n) is 11.6. The molecule has 0 bridgehead atoms. The van der Waals surface area contributed by atoms with Gasteiger partial charge >= 0.3 is 0 Å². The van der Waals surface area contributed by atoms with E-state index >= 15 is 0 Å². The number of fused-ring (bicyclic) bond motifs is 3. The van der Waals surface area contributed by atoms with Crippen LogP contribution in [0.4, 0.5) is 0 Å². The number of halogens is 1. The summed E-state index contributed by atoms with van der Waals surface area (Å²) in [6.45, 7) is 0. The summed E-state index contributed by atoms with van der Waals surface area (Å²) >= 11 is 5.84. The highest BCUT2D eigenvalue weighted by Gasteiger charge is 2.13. The maximum atomic E-state index is 9.48. The van der Waals surface area contributed by atoms with Crippen molar-refractivity contribution >= 4 is 33.5 Å². The average Bonchev–Trinajstić information content (AvgIpc) is 2.98. The Kier molecular flexibility index (Phi) is 3.01. The molecule has 0 amide bonds. The van der Waals surface area contributed by atoms with Crippen molar-refractivity contribution in [3.8, 4) is 16.9 Å². The van der Waals surface area contributed by atoms with Gasteiger partial charge in [-0.05, 0) is 34.7 Å². The van der Waals surface area contributed by atoms with Gasteiger partial charge in [0.2, 0.25) is 5.89 Å². The number of hydrogen-bond acceptors (Lipinski definition) is 3. The van der Waals surface area contributed by atoms with E-state index < -0.39 is 0 Å². The summed E-state index contributed by atoms with van der Waals surface area (Å²) in [5.74, 6) is 1.02. The van der Waals surface area contributed by atoms with Gasteiger partial charge < -0.3 is 9.52 Å². The van der Waals surface area contributed by atoms with Gasteiger partial charge in [-0.2, -0.15) is 0 Å². The molecule has 0 spiro atoms. The molecule has 22 heavy (non-hydrogen) atoms. The molecular weight excluding hydrogens is 298 g/mol. The molecule has 0 atom stereocenters. The highest BCUT2D eigenvalue weighted by atomic mass is 35.5. The monoisotopic (exact) mass is 309 g/mol. The van der Waals surface area contributed by atoms with Crippen LogP contribution >= 0.6 is 11.6 Å². The van der Waals surface area contributed by atoms with Crippen LogP contribution in [0.5, 0.6) is 5.75 Å². The van der Waals surface area contributed by atoms with Gasteiger partial charge in [0.05, 0.1) is 5.88 Å². The number of aromatic hydroxyl groups is 1. The summed E-state index contributed by atoms with van der Waals surface area (Å²) in [6, 6.07) is 17.2. The number of phenols is 1. The van der Waals surface area contributed by atoms with E-state index in [0.29, 0.717) is 5.89 Å². The minimum absolute atomic E-state index is 0.248. The third-order valence-corrected chi connectivity index (χ3v) is 3.96. The number of hydrogen-bond donors (Lipinski definition) is 1. The number of aromatic nitrogens is 1. The van der Waals surface area contributed by atoms with Crippen molar-refractivity contribution in [1.82, 2.24) is 4.98 Å². The molecule has 0 aliphatic carbocycles. The molecule has 0 radical (unpaired) electrons. The van der Waals surface area contributed by atoms with E-state index in [1.165, 1.54) is 0 Å². The maximum Gasteiger partial charge on any atom is 0.210 e. The Labute approximate surface area is 131 Å². The first-order valence-corrected chi connectivity index (χ1v) is 7.46. The standard InChI is InChI=1S/C18H12ClNO2/c19-10-17-20-16-9-15(11-5-7-12(21)8-6-11)13-3-1-2-4-14(13)18(16)22-17/h1-9,21H,10H2. The lowest BCUT2D eigenvalue weighted by molar-refractivity contribution is 0.475. The maximum absolute atomic E-state index is 9.48. The van der Waals surface area contributed by atoms with E-state index in [9.17, 15) is 5.11 Å². The molecule has 1 N–H and O–H groups in total. The molecule has 0 unspecified atom stereocenters. The molecule has 3 nitrogen and oxygen atoms in total. The second kappa shape index (κ2) is 5.04. The van der Waals surface area contributed by atoms with Crippen LogP contribution in [0.15, 0.2) is 59.0 Å². The Balaban J connectivity index is 2.09. The molecule has 4 aromatic rings. The molecule has 0 saturated carbocycles. The Bertz CT molecular complexity index is 974. The fourth-order valence-corrected chi connectivity index (χ4v) is 2.85. The van der Waals surface area contributed by atoms with E-state index in [4.69, 9.17) is 16.0 Å². The van der Waals surface area contributed by atoms with E-state index in [-0.39, 0.29) is 11.6 Å². The van der Waals surface area contributed by atoms with Crippen molar-refractivity contribution in [1.29, 1.82) is 0 Å². The molecule has 1 heterocycles. The highest BCUT2D eigenvalue weighted by Crippen LogP contribution is 2.35. The van der Waals surface area contributed by atoms with Crippen LogP contribution in [0.2, 0.25) is 0 Å². The number of benzene rings is 3. The fraction of sp³-hybridized carbons (Fsp3) is 0.0556. The van der Waals surface area contributed by atoms with Crippen LogP contribution in [-0.4, -0.2) is 10.1 Å². The minimum atomic E-state index is 0.248. The molecule has 0 saturated heterocycles. The first kappa shape index (κ1) is 13.2. The van der Waals surface area contributed by atoms with Crippen LogP contribution < -0.4 is 0 Å². The Morgan fingerprint density at radius 2 is 1.73 bits per heavy atom. The normalized spacial score (nSPS) is 11.3. The molecule has 0 fully saturated rings. The zero-order valence-corrected chi connectivity index (χ0v) is 12.3. The van der Waals surface area contributed by atoms with Crippen LogP contribution in [0.3, 0.4) is 0 Å². The molecule has 4 heteroatoms. The summed E-state index contributed by atoms with van der Waals surface area (Å²) in [7, 11) is 0. The first-order valence-electron chi connectivity index (χ1n) is 6.93. The molecule has 1 aromatic heterocycles. The third-order valence-electron chi connectivity index (χ3n) is 3.73. The van der Waals surface area contributed by atoms with E-state index in [1.807, 2.05) is 36.4 Å².